The molecule has 0 aliphatic rings. The maximum Gasteiger partial charge on any atom is 0.226 e. The van der Waals surface area contributed by atoms with Crippen LogP contribution in [-0.2, 0) is 11.2 Å². The van der Waals surface area contributed by atoms with E-state index in [1.807, 2.05) is 44.2 Å². The van der Waals surface area contributed by atoms with Gasteiger partial charge in [0.15, 0.2) is 5.96 Å². The molecule has 1 amide bonds. The number of benzene rings is 1. The number of hydrogen-bond donors (Lipinski definition) is 3. The second-order valence-corrected chi connectivity index (χ2v) is 6.69. The lowest BCUT2D eigenvalue weighted by molar-refractivity contribution is -0.116. The van der Waals surface area contributed by atoms with Crippen LogP contribution in [0.2, 0.25) is 0 Å². The number of carbonyl (C=O) groups is 1. The van der Waals surface area contributed by atoms with Gasteiger partial charge in [-0.25, -0.2) is 0 Å². The Labute approximate surface area is 162 Å². The highest BCUT2D eigenvalue weighted by Crippen LogP contribution is 2.20. The molecule has 0 unspecified atom stereocenters. The summed E-state index contributed by atoms with van der Waals surface area (Å²) in [5.41, 5.74) is 1.85. The molecule has 2 rings (SSSR count). The third-order valence-electron chi connectivity index (χ3n) is 3.67. The van der Waals surface area contributed by atoms with Crippen molar-refractivity contribution in [3.63, 3.8) is 0 Å². The number of halogens is 1. The summed E-state index contributed by atoms with van der Waals surface area (Å²) < 4.78 is 6.24. The molecule has 0 atom stereocenters. The lowest BCUT2D eigenvalue weighted by atomic mass is 10.2. The van der Waals surface area contributed by atoms with Crippen LogP contribution in [-0.4, -0.2) is 31.5 Å². The van der Waals surface area contributed by atoms with Crippen LogP contribution >= 0.6 is 15.9 Å². The SMILES string of the molecule is CCNC(=NCCc1ccco1)NCCC(=O)Nc1cc(Br)ccc1C. The molecular formula is C19H25BrN4O2. The molecular weight excluding hydrogens is 396 g/mol. The summed E-state index contributed by atoms with van der Waals surface area (Å²) in [4.78, 5) is 16.6. The first-order valence-electron chi connectivity index (χ1n) is 8.69. The Morgan fingerprint density at radius 3 is 2.85 bits per heavy atom. The number of aliphatic imine (C=N–C) groups is 1. The van der Waals surface area contributed by atoms with Crippen molar-refractivity contribution in [3.05, 3.63) is 52.4 Å². The van der Waals surface area contributed by atoms with E-state index in [0.717, 1.165) is 34.4 Å². The van der Waals surface area contributed by atoms with Crippen molar-refractivity contribution in [1.82, 2.24) is 10.6 Å². The molecule has 1 aromatic heterocycles. The molecule has 26 heavy (non-hydrogen) atoms. The van der Waals surface area contributed by atoms with Gasteiger partial charge in [-0.15, -0.1) is 0 Å². The highest BCUT2D eigenvalue weighted by atomic mass is 79.9. The fraction of sp³-hybridized carbons (Fsp3) is 0.368. The Bertz CT molecular complexity index is 729. The fourth-order valence-corrected chi connectivity index (χ4v) is 2.67. The molecule has 0 saturated heterocycles. The zero-order valence-corrected chi connectivity index (χ0v) is 16.7. The first-order valence-corrected chi connectivity index (χ1v) is 9.48. The maximum atomic E-state index is 12.1. The molecule has 2 aromatic rings. The molecule has 1 heterocycles. The molecule has 0 fully saturated rings. The summed E-state index contributed by atoms with van der Waals surface area (Å²) in [6, 6.07) is 9.63. The summed E-state index contributed by atoms with van der Waals surface area (Å²) in [6.45, 7) is 5.86. The molecule has 0 radical (unpaired) electrons. The van der Waals surface area contributed by atoms with Gasteiger partial charge in [0, 0.05) is 42.6 Å². The molecule has 3 N–H and O–H groups in total. The van der Waals surface area contributed by atoms with Crippen molar-refractivity contribution >= 4 is 33.5 Å². The highest BCUT2D eigenvalue weighted by Gasteiger charge is 2.06. The normalized spacial score (nSPS) is 11.3. The average molecular weight is 421 g/mol. The van der Waals surface area contributed by atoms with Crippen molar-refractivity contribution in [2.24, 2.45) is 4.99 Å². The van der Waals surface area contributed by atoms with Gasteiger partial charge >= 0.3 is 0 Å². The van der Waals surface area contributed by atoms with E-state index in [0.29, 0.717) is 25.5 Å². The molecule has 0 saturated carbocycles. The van der Waals surface area contributed by atoms with E-state index in [-0.39, 0.29) is 5.91 Å². The smallest absolute Gasteiger partial charge is 0.226 e. The van der Waals surface area contributed by atoms with Crippen molar-refractivity contribution in [2.75, 3.05) is 25.0 Å². The van der Waals surface area contributed by atoms with Gasteiger partial charge in [-0.2, -0.15) is 0 Å². The number of nitrogens with one attached hydrogen (secondary N) is 3. The second-order valence-electron chi connectivity index (χ2n) is 5.77. The third kappa shape index (κ3) is 6.92. The lowest BCUT2D eigenvalue weighted by Gasteiger charge is -2.12. The predicted molar refractivity (Wildman–Crippen MR) is 109 cm³/mol. The predicted octanol–water partition coefficient (Wildman–Crippen LogP) is 3.48. The molecule has 0 bridgehead atoms. The first kappa shape index (κ1) is 20.0. The van der Waals surface area contributed by atoms with Crippen LogP contribution in [0.3, 0.4) is 0 Å². The fourth-order valence-electron chi connectivity index (χ4n) is 2.31. The molecule has 140 valence electrons. The summed E-state index contributed by atoms with van der Waals surface area (Å²) in [6.07, 6.45) is 2.76. The number of hydrogen-bond acceptors (Lipinski definition) is 3. The van der Waals surface area contributed by atoms with Crippen LogP contribution < -0.4 is 16.0 Å². The lowest BCUT2D eigenvalue weighted by Crippen LogP contribution is -2.38. The van der Waals surface area contributed by atoms with Crippen LogP contribution in [0.4, 0.5) is 5.69 Å². The van der Waals surface area contributed by atoms with E-state index in [9.17, 15) is 4.79 Å². The largest absolute Gasteiger partial charge is 0.469 e. The molecule has 1 aromatic carbocycles. The Hall–Kier alpha value is -2.28. The van der Waals surface area contributed by atoms with Crippen LogP contribution in [0.25, 0.3) is 0 Å². The zero-order valence-electron chi connectivity index (χ0n) is 15.1. The number of carbonyl (C=O) groups excluding carboxylic acids is 1. The third-order valence-corrected chi connectivity index (χ3v) is 4.16. The average Bonchev–Trinajstić information content (AvgIpc) is 3.11. The van der Waals surface area contributed by atoms with E-state index in [4.69, 9.17) is 4.42 Å². The van der Waals surface area contributed by atoms with Gasteiger partial charge in [-0.1, -0.05) is 22.0 Å². The van der Waals surface area contributed by atoms with Crippen molar-refractivity contribution in [1.29, 1.82) is 0 Å². The van der Waals surface area contributed by atoms with Crippen molar-refractivity contribution < 1.29 is 9.21 Å². The van der Waals surface area contributed by atoms with Gasteiger partial charge in [-0.05, 0) is 43.7 Å². The van der Waals surface area contributed by atoms with Gasteiger partial charge < -0.3 is 20.4 Å². The maximum absolute atomic E-state index is 12.1. The van der Waals surface area contributed by atoms with E-state index in [1.54, 1.807) is 6.26 Å². The van der Waals surface area contributed by atoms with Crippen LogP contribution in [0, 0.1) is 6.92 Å². The number of aryl methyl sites for hydroxylation is 1. The minimum atomic E-state index is -0.0369. The minimum Gasteiger partial charge on any atom is -0.469 e. The van der Waals surface area contributed by atoms with Crippen LogP contribution in [0.5, 0.6) is 0 Å². The Balaban J connectivity index is 1.77. The quantitative estimate of drug-likeness (QED) is 0.451. The topological polar surface area (TPSA) is 78.7 Å². The summed E-state index contributed by atoms with van der Waals surface area (Å²) in [7, 11) is 0. The van der Waals surface area contributed by atoms with E-state index in [1.165, 1.54) is 0 Å². The number of furan rings is 1. The van der Waals surface area contributed by atoms with Gasteiger partial charge in [0.05, 0.1) is 6.26 Å². The van der Waals surface area contributed by atoms with E-state index < -0.39 is 0 Å². The van der Waals surface area contributed by atoms with Gasteiger partial charge in [0.2, 0.25) is 5.91 Å². The molecule has 0 aliphatic heterocycles. The number of rotatable bonds is 8. The number of nitrogens with zero attached hydrogens (tertiary/aromatic N) is 1. The molecule has 6 nitrogen and oxygen atoms in total. The molecule has 0 aliphatic carbocycles. The first-order chi connectivity index (χ1) is 12.6. The second kappa shape index (κ2) is 10.7. The summed E-state index contributed by atoms with van der Waals surface area (Å²) in [5.74, 6) is 1.57. The number of anilines is 1. The zero-order chi connectivity index (χ0) is 18.8. The molecule has 7 heteroatoms. The monoisotopic (exact) mass is 420 g/mol. The Morgan fingerprint density at radius 1 is 1.27 bits per heavy atom. The number of amides is 1. The van der Waals surface area contributed by atoms with Crippen molar-refractivity contribution in [2.45, 2.75) is 26.7 Å². The molecule has 0 spiro atoms. The van der Waals surface area contributed by atoms with E-state index in [2.05, 4.69) is 36.9 Å². The standard InChI is InChI=1S/C19H25BrN4O2/c1-3-21-19(22-10-8-16-5-4-12-26-16)23-11-9-18(25)24-17-13-15(20)7-6-14(17)2/h4-7,12-13H,3,8-11H2,1-2H3,(H,24,25)(H2,21,22,23). The number of guanidine groups is 1. The Morgan fingerprint density at radius 2 is 2.12 bits per heavy atom. The van der Waals surface area contributed by atoms with Gasteiger partial charge in [-0.3, -0.25) is 9.79 Å². The highest BCUT2D eigenvalue weighted by molar-refractivity contribution is 9.10. The van der Waals surface area contributed by atoms with Crippen LogP contribution in [0.15, 0.2) is 50.5 Å². The van der Waals surface area contributed by atoms with Gasteiger partial charge in [0.1, 0.15) is 5.76 Å². The van der Waals surface area contributed by atoms with Crippen molar-refractivity contribution in [3.8, 4) is 0 Å². The minimum absolute atomic E-state index is 0.0369. The van der Waals surface area contributed by atoms with Crippen LogP contribution in [0.1, 0.15) is 24.7 Å². The Kier molecular flexibility index (Phi) is 8.21. The summed E-state index contributed by atoms with van der Waals surface area (Å²) in [5, 5.41) is 9.29. The van der Waals surface area contributed by atoms with Gasteiger partial charge in [0.25, 0.3) is 0 Å². The summed E-state index contributed by atoms with van der Waals surface area (Å²) >= 11 is 3.42. The van der Waals surface area contributed by atoms with E-state index >= 15 is 0 Å².